The molecule has 434 valence electrons. The maximum atomic E-state index is 15.1. The third-order valence-corrected chi connectivity index (χ3v) is 21.3. The summed E-state index contributed by atoms with van der Waals surface area (Å²) in [6, 6.07) is 0. The van der Waals surface area contributed by atoms with Crippen molar-refractivity contribution in [1.29, 1.82) is 0 Å². The maximum absolute atomic E-state index is 15.1. The number of aliphatic hydroxyl groups is 12. The Morgan fingerprint density at radius 3 is 1.96 bits per heavy atom. The van der Waals surface area contributed by atoms with Crippen LogP contribution in [0.3, 0.4) is 0 Å². The Bertz CT molecular complexity index is 2150. The van der Waals surface area contributed by atoms with Gasteiger partial charge in [-0.2, -0.15) is 0 Å². The number of hydrogen-bond acceptors (Lipinski definition) is 22. The van der Waals surface area contributed by atoms with Crippen LogP contribution in [-0.2, 0) is 47.5 Å². The first-order valence-corrected chi connectivity index (χ1v) is 27.3. The standard InChI is InChI=1S/C53H84O23/c1-22-31(56)34(59)38(63)44(71-22)75-41-26(19-54)72-42(40(65)36(41)61)70-21-27-33(58)35(60)39(64)45(73-27)76-47(68)53-16-14-49(4,46(66)67)18-24(53)23-8-9-29-50(5)12-11-30(74-43-37(62)32(57)25(55)20-69-43)48(2,3)28(50)10-13-52(29,7)51(23,6)15-17-53/h8,22,24-45,54-65H,9-21H2,1-7H3,(H,66,67). The van der Waals surface area contributed by atoms with Gasteiger partial charge in [0.25, 0.3) is 0 Å². The van der Waals surface area contributed by atoms with Gasteiger partial charge in [-0.25, -0.2) is 0 Å². The fraction of sp³-hybridized carbons (Fsp3) is 0.925. The summed E-state index contributed by atoms with van der Waals surface area (Å²) in [5.74, 6) is -1.97. The van der Waals surface area contributed by atoms with Crippen molar-refractivity contribution in [2.75, 3.05) is 19.8 Å². The summed E-state index contributed by atoms with van der Waals surface area (Å²) >= 11 is 0. The molecule has 8 fully saturated rings. The van der Waals surface area contributed by atoms with Gasteiger partial charge in [0.1, 0.15) is 85.5 Å². The molecule has 28 unspecified atom stereocenters. The van der Waals surface area contributed by atoms with Crippen molar-refractivity contribution in [2.45, 2.75) is 235 Å². The second-order valence-corrected chi connectivity index (χ2v) is 25.6. The lowest BCUT2D eigenvalue weighted by molar-refractivity contribution is -0.361. The number of esters is 1. The molecule has 9 aliphatic rings. The van der Waals surface area contributed by atoms with Crippen molar-refractivity contribution >= 4 is 11.9 Å². The molecule has 0 bridgehead atoms. The van der Waals surface area contributed by atoms with E-state index >= 15 is 4.79 Å². The number of aliphatic carboxylic acids is 1. The van der Waals surface area contributed by atoms with E-state index in [9.17, 15) is 71.2 Å². The van der Waals surface area contributed by atoms with Crippen molar-refractivity contribution < 1.29 is 114 Å². The minimum absolute atomic E-state index is 0.132. The van der Waals surface area contributed by atoms with Crippen LogP contribution in [0, 0.1) is 50.2 Å². The van der Waals surface area contributed by atoms with Crippen LogP contribution in [-0.4, -0.2) is 221 Å². The van der Waals surface area contributed by atoms with Gasteiger partial charge in [0.15, 0.2) is 18.9 Å². The number of carbonyl (C=O) groups excluding carboxylic acids is 1. The molecule has 28 atom stereocenters. The van der Waals surface area contributed by atoms with Crippen LogP contribution in [0.2, 0.25) is 0 Å². The smallest absolute Gasteiger partial charge is 0.315 e. The summed E-state index contributed by atoms with van der Waals surface area (Å²) in [7, 11) is 0. The monoisotopic (exact) mass is 1090 g/mol. The molecule has 4 saturated carbocycles. The predicted octanol–water partition coefficient (Wildman–Crippen LogP) is -1.30. The van der Waals surface area contributed by atoms with E-state index in [1.54, 1.807) is 6.92 Å². The van der Waals surface area contributed by atoms with Crippen molar-refractivity contribution in [3.63, 3.8) is 0 Å². The summed E-state index contributed by atoms with van der Waals surface area (Å²) in [6.07, 6.45) is -23.2. The van der Waals surface area contributed by atoms with E-state index in [1.807, 2.05) is 0 Å². The van der Waals surface area contributed by atoms with E-state index in [0.717, 1.165) is 24.8 Å². The highest BCUT2D eigenvalue weighted by Crippen LogP contribution is 2.76. The van der Waals surface area contributed by atoms with E-state index < -0.39 is 164 Å². The number of allylic oxidation sites excluding steroid dienone is 2. The normalized spacial score (nSPS) is 54.2. The Labute approximate surface area is 442 Å². The average Bonchev–Trinajstić information content (AvgIpc) is 3.58. The fourth-order valence-corrected chi connectivity index (χ4v) is 16.1. The molecule has 0 amide bonds. The van der Waals surface area contributed by atoms with E-state index in [0.29, 0.717) is 25.7 Å². The number of fused-ring (bicyclic) bond motifs is 7. The summed E-state index contributed by atoms with van der Waals surface area (Å²) < 4.78 is 46.8. The van der Waals surface area contributed by atoms with Crippen LogP contribution in [0.15, 0.2) is 11.6 Å². The molecular weight excluding hydrogens is 1000 g/mol. The van der Waals surface area contributed by atoms with Gasteiger partial charge in [-0.3, -0.25) is 9.59 Å². The highest BCUT2D eigenvalue weighted by molar-refractivity contribution is 5.81. The Morgan fingerprint density at radius 2 is 1.28 bits per heavy atom. The van der Waals surface area contributed by atoms with E-state index in [-0.39, 0.29) is 60.1 Å². The fourth-order valence-electron chi connectivity index (χ4n) is 16.1. The number of carboxylic acids is 1. The molecule has 9 rings (SSSR count). The molecular formula is C53H84O23. The minimum Gasteiger partial charge on any atom is -0.481 e. The van der Waals surface area contributed by atoms with Crippen molar-refractivity contribution in [1.82, 2.24) is 0 Å². The molecule has 23 nitrogen and oxygen atoms in total. The van der Waals surface area contributed by atoms with Crippen molar-refractivity contribution in [3.05, 3.63) is 11.6 Å². The molecule has 13 N–H and O–H groups in total. The number of aliphatic hydroxyl groups excluding tert-OH is 12. The Kier molecular flexibility index (Phi) is 16.2. The zero-order chi connectivity index (χ0) is 55.6. The first-order chi connectivity index (χ1) is 35.5. The topological polar surface area (TPSA) is 371 Å². The molecule has 5 aliphatic carbocycles. The quantitative estimate of drug-likeness (QED) is 0.0649. The zero-order valence-corrected chi connectivity index (χ0v) is 44.4. The number of hydrogen-bond donors (Lipinski definition) is 13. The highest BCUT2D eigenvalue weighted by atomic mass is 16.8. The first kappa shape index (κ1) is 58.6. The van der Waals surface area contributed by atoms with Crippen LogP contribution in [0.5, 0.6) is 0 Å². The third-order valence-electron chi connectivity index (χ3n) is 21.3. The van der Waals surface area contributed by atoms with E-state index in [4.69, 9.17) is 37.9 Å². The molecule has 4 saturated heterocycles. The Morgan fingerprint density at radius 1 is 0.645 bits per heavy atom. The van der Waals surface area contributed by atoms with Gasteiger partial charge >= 0.3 is 11.9 Å². The summed E-state index contributed by atoms with van der Waals surface area (Å²) in [5, 5.41) is 139. The van der Waals surface area contributed by atoms with Gasteiger partial charge in [0.05, 0.1) is 42.9 Å². The van der Waals surface area contributed by atoms with Gasteiger partial charge in [-0.05, 0) is 117 Å². The van der Waals surface area contributed by atoms with Crippen LogP contribution in [0.25, 0.3) is 0 Å². The van der Waals surface area contributed by atoms with Gasteiger partial charge in [-0.1, -0.05) is 46.3 Å². The molecule has 0 aromatic heterocycles. The highest BCUT2D eigenvalue weighted by Gasteiger charge is 2.71. The number of rotatable bonds is 11. The lowest BCUT2D eigenvalue weighted by Crippen LogP contribution is -2.66. The second-order valence-electron chi connectivity index (χ2n) is 25.6. The zero-order valence-electron chi connectivity index (χ0n) is 44.4. The minimum atomic E-state index is -1.95. The lowest BCUT2D eigenvalue weighted by atomic mass is 9.33. The number of carboxylic acid groups (broad SMARTS) is 1. The van der Waals surface area contributed by atoms with Gasteiger partial charge in [0.2, 0.25) is 6.29 Å². The number of carbonyl (C=O) groups is 2. The second kappa shape index (κ2) is 21.0. The van der Waals surface area contributed by atoms with Gasteiger partial charge < -0.3 is 104 Å². The molecule has 0 aromatic carbocycles. The van der Waals surface area contributed by atoms with Crippen molar-refractivity contribution in [2.24, 2.45) is 50.2 Å². The molecule has 4 aliphatic heterocycles. The maximum Gasteiger partial charge on any atom is 0.315 e. The van der Waals surface area contributed by atoms with E-state index in [2.05, 4.69) is 40.7 Å². The van der Waals surface area contributed by atoms with E-state index in [1.165, 1.54) is 6.92 Å². The van der Waals surface area contributed by atoms with Crippen LogP contribution >= 0.6 is 0 Å². The molecule has 0 radical (unpaired) electrons. The molecule has 23 heteroatoms. The summed E-state index contributed by atoms with van der Waals surface area (Å²) in [6.45, 7) is 12.8. The third kappa shape index (κ3) is 9.33. The molecule has 76 heavy (non-hydrogen) atoms. The van der Waals surface area contributed by atoms with Gasteiger partial charge in [-0.15, -0.1) is 0 Å². The Hall–Kier alpha value is -2.08. The largest absolute Gasteiger partial charge is 0.481 e. The number of ether oxygens (including phenoxy) is 8. The molecule has 0 spiro atoms. The van der Waals surface area contributed by atoms with Crippen LogP contribution in [0.4, 0.5) is 0 Å². The molecule has 0 aromatic rings. The lowest BCUT2D eigenvalue weighted by Gasteiger charge is -2.71. The summed E-state index contributed by atoms with van der Waals surface area (Å²) in [5.41, 5.74) is -2.80. The SMILES string of the molecule is CC1OC(OC2C(CO)OC(OCC3OC(OC(=O)C45CCC(C)(C(=O)O)CC4C4=CCC6C7(C)CCC(OC8OCC(O)C(O)C8O)C(C)(C)C7CCC6(C)C4(C)CC5)C(O)C(O)C3O)C(O)C2O)C(O)C(O)C1O. The Balaban J connectivity index is 0.911. The van der Waals surface area contributed by atoms with Gasteiger partial charge in [0, 0.05) is 0 Å². The summed E-state index contributed by atoms with van der Waals surface area (Å²) in [4.78, 5) is 28.2. The predicted molar refractivity (Wildman–Crippen MR) is 257 cm³/mol. The first-order valence-electron chi connectivity index (χ1n) is 27.3. The van der Waals surface area contributed by atoms with Crippen LogP contribution in [0.1, 0.15) is 113 Å². The van der Waals surface area contributed by atoms with Crippen LogP contribution < -0.4 is 0 Å². The molecule has 4 heterocycles. The van der Waals surface area contributed by atoms with Crippen molar-refractivity contribution in [3.8, 4) is 0 Å². The average molecular weight is 1090 g/mol.